The van der Waals surface area contributed by atoms with Gasteiger partial charge in [-0.2, -0.15) is 0 Å². The molecule has 2 rings (SSSR count). The van der Waals surface area contributed by atoms with Crippen LogP contribution in [0.3, 0.4) is 0 Å². The van der Waals surface area contributed by atoms with E-state index in [2.05, 4.69) is 5.32 Å². The monoisotopic (exact) mass is 394 g/mol. The average Bonchev–Trinajstić information content (AvgIpc) is 2.62. The van der Waals surface area contributed by atoms with Crippen LogP contribution in [0.1, 0.15) is 37.3 Å². The maximum Gasteiger partial charge on any atom is 0.340 e. The van der Waals surface area contributed by atoms with Gasteiger partial charge in [-0.05, 0) is 25.0 Å². The quantitative estimate of drug-likeness (QED) is 0.683. The van der Waals surface area contributed by atoms with Crippen molar-refractivity contribution < 1.29 is 23.8 Å². The van der Waals surface area contributed by atoms with Crippen LogP contribution in [0.25, 0.3) is 11.0 Å². The highest BCUT2D eigenvalue weighted by molar-refractivity contribution is 6.32. The van der Waals surface area contributed by atoms with Crippen molar-refractivity contribution >= 4 is 34.4 Å². The molecule has 0 aliphatic rings. The lowest BCUT2D eigenvalue weighted by Crippen LogP contribution is -2.48. The molecule has 1 atom stereocenters. The van der Waals surface area contributed by atoms with Gasteiger partial charge in [-0.1, -0.05) is 31.4 Å². The molecule has 0 saturated heterocycles. The van der Waals surface area contributed by atoms with Gasteiger partial charge in [0.2, 0.25) is 5.91 Å². The molecule has 0 unspecified atom stereocenters. The maximum atomic E-state index is 12.3. The van der Waals surface area contributed by atoms with Crippen LogP contribution in [0.15, 0.2) is 21.3 Å². The van der Waals surface area contributed by atoms with Gasteiger partial charge < -0.3 is 24.4 Å². The Morgan fingerprint density at radius 1 is 1.37 bits per heavy atom. The van der Waals surface area contributed by atoms with E-state index in [-0.39, 0.29) is 18.4 Å². The van der Waals surface area contributed by atoms with E-state index in [0.29, 0.717) is 33.7 Å². The molecule has 1 aromatic heterocycles. The molecule has 7 nitrogen and oxygen atoms in total. The standard InChI is InChI=1S/C19H22ClNO6/c1-4-5-6-14(18(23)24)21-17(22)8-12-10(2)11-7-13(20)16(26-3)9-15(11)27-19(12)25/h7,9,14H,4-6,8H2,1-3H3,(H,21,22)(H,23,24)/p-1/t14-/m0/s1. The molecule has 1 aromatic carbocycles. The first-order valence-corrected chi connectivity index (χ1v) is 8.96. The number of carbonyl (C=O) groups excluding carboxylic acids is 2. The first kappa shape index (κ1) is 20.8. The number of aryl methyl sites for hydroxylation is 1. The fourth-order valence-electron chi connectivity index (χ4n) is 2.81. The van der Waals surface area contributed by atoms with Crippen LogP contribution >= 0.6 is 11.6 Å². The lowest BCUT2D eigenvalue weighted by atomic mass is 10.0. The molecule has 0 spiro atoms. The minimum atomic E-state index is -1.35. The number of carboxylic acid groups (broad SMARTS) is 1. The first-order valence-electron chi connectivity index (χ1n) is 8.58. The second-order valence-corrected chi connectivity index (χ2v) is 6.64. The normalized spacial score (nSPS) is 12.0. The van der Waals surface area contributed by atoms with Gasteiger partial charge in [0.1, 0.15) is 11.3 Å². The van der Waals surface area contributed by atoms with Crippen molar-refractivity contribution in [2.75, 3.05) is 7.11 Å². The van der Waals surface area contributed by atoms with E-state index in [1.807, 2.05) is 6.92 Å². The van der Waals surface area contributed by atoms with E-state index < -0.39 is 23.5 Å². The molecule has 0 saturated carbocycles. The number of amides is 1. The Morgan fingerprint density at radius 3 is 2.67 bits per heavy atom. The number of nitrogens with one attached hydrogen (secondary N) is 1. The Bertz CT molecular complexity index is 921. The molecule has 1 amide bonds. The first-order chi connectivity index (χ1) is 12.8. The average molecular weight is 395 g/mol. The van der Waals surface area contributed by atoms with E-state index in [0.717, 1.165) is 6.42 Å². The second kappa shape index (κ2) is 8.90. The number of rotatable bonds is 8. The summed E-state index contributed by atoms with van der Waals surface area (Å²) in [5.41, 5.74) is 0.310. The molecule has 0 fully saturated rings. The highest BCUT2D eigenvalue weighted by Gasteiger charge is 2.19. The number of hydrogen-bond acceptors (Lipinski definition) is 6. The van der Waals surface area contributed by atoms with E-state index in [1.54, 1.807) is 13.0 Å². The van der Waals surface area contributed by atoms with Crippen LogP contribution in [-0.2, 0) is 16.0 Å². The molecule has 146 valence electrons. The van der Waals surface area contributed by atoms with Crippen LogP contribution in [-0.4, -0.2) is 25.0 Å². The number of carboxylic acids is 1. The van der Waals surface area contributed by atoms with Gasteiger partial charge in [0.15, 0.2) is 0 Å². The number of unbranched alkanes of at least 4 members (excludes halogenated alkanes) is 1. The lowest BCUT2D eigenvalue weighted by Gasteiger charge is -2.19. The van der Waals surface area contributed by atoms with E-state index in [1.165, 1.54) is 13.2 Å². The van der Waals surface area contributed by atoms with Gasteiger partial charge in [0.05, 0.1) is 36.1 Å². The predicted molar refractivity (Wildman–Crippen MR) is 98.9 cm³/mol. The Morgan fingerprint density at radius 2 is 2.07 bits per heavy atom. The Hall–Kier alpha value is -2.54. The third-order valence-electron chi connectivity index (χ3n) is 4.36. The number of aliphatic carboxylic acids is 1. The SMILES string of the molecule is CCCC[C@H](NC(=O)Cc1c(C)c2cc(Cl)c(OC)cc2oc1=O)C(=O)[O-]. The number of fused-ring (bicyclic) bond motifs is 1. The van der Waals surface area contributed by atoms with Gasteiger partial charge >= 0.3 is 5.63 Å². The van der Waals surface area contributed by atoms with Crippen LogP contribution in [0.4, 0.5) is 0 Å². The van der Waals surface area contributed by atoms with E-state index >= 15 is 0 Å². The molecule has 27 heavy (non-hydrogen) atoms. The number of halogens is 1. The molecular formula is C19H21ClNO6-. The highest BCUT2D eigenvalue weighted by Crippen LogP contribution is 2.31. The zero-order valence-electron chi connectivity index (χ0n) is 15.4. The minimum absolute atomic E-state index is 0.147. The molecule has 1 heterocycles. The van der Waals surface area contributed by atoms with E-state index in [9.17, 15) is 19.5 Å². The van der Waals surface area contributed by atoms with Crippen LogP contribution in [0.2, 0.25) is 5.02 Å². The Labute approximate surface area is 161 Å². The van der Waals surface area contributed by atoms with Crippen molar-refractivity contribution in [3.05, 3.63) is 38.7 Å². The molecular weight excluding hydrogens is 374 g/mol. The molecule has 8 heteroatoms. The predicted octanol–water partition coefficient (Wildman–Crippen LogP) is 1.73. The van der Waals surface area contributed by atoms with Crippen molar-refractivity contribution in [3.63, 3.8) is 0 Å². The summed E-state index contributed by atoms with van der Waals surface area (Å²) >= 11 is 6.13. The number of ether oxygens (including phenoxy) is 1. The Balaban J connectivity index is 2.31. The van der Waals surface area contributed by atoms with Gasteiger partial charge in [-0.3, -0.25) is 4.79 Å². The molecule has 2 aromatic rings. The summed E-state index contributed by atoms with van der Waals surface area (Å²) in [5.74, 6) is -1.57. The molecule has 0 bridgehead atoms. The summed E-state index contributed by atoms with van der Waals surface area (Å²) in [6, 6.07) is 2.01. The highest BCUT2D eigenvalue weighted by atomic mass is 35.5. The molecule has 0 aliphatic carbocycles. The van der Waals surface area contributed by atoms with Crippen LogP contribution in [0.5, 0.6) is 5.75 Å². The summed E-state index contributed by atoms with van der Waals surface area (Å²) in [6.07, 6.45) is 1.39. The summed E-state index contributed by atoms with van der Waals surface area (Å²) in [5, 5.41) is 14.5. The van der Waals surface area contributed by atoms with Gasteiger partial charge in [-0.15, -0.1) is 0 Å². The summed E-state index contributed by atoms with van der Waals surface area (Å²) in [7, 11) is 1.45. The van der Waals surface area contributed by atoms with Crippen LogP contribution < -0.4 is 20.8 Å². The van der Waals surface area contributed by atoms with Crippen LogP contribution in [0, 0.1) is 6.92 Å². The van der Waals surface area contributed by atoms with Crippen molar-refractivity contribution in [1.82, 2.24) is 5.32 Å². The molecule has 0 radical (unpaired) electrons. The fraction of sp³-hybridized carbons (Fsp3) is 0.421. The van der Waals surface area contributed by atoms with Crippen molar-refractivity contribution in [3.8, 4) is 5.75 Å². The maximum absolute atomic E-state index is 12.3. The van der Waals surface area contributed by atoms with Crippen molar-refractivity contribution in [1.29, 1.82) is 0 Å². The number of methoxy groups -OCH3 is 1. The topological polar surface area (TPSA) is 109 Å². The number of benzene rings is 1. The minimum Gasteiger partial charge on any atom is -0.548 e. The number of carbonyl (C=O) groups is 2. The third kappa shape index (κ3) is 4.80. The lowest BCUT2D eigenvalue weighted by molar-refractivity contribution is -0.308. The molecule has 0 aliphatic heterocycles. The summed E-state index contributed by atoms with van der Waals surface area (Å²) < 4.78 is 10.4. The van der Waals surface area contributed by atoms with Gasteiger partial charge in [0.25, 0.3) is 0 Å². The van der Waals surface area contributed by atoms with E-state index in [4.69, 9.17) is 20.8 Å². The number of hydrogen-bond donors (Lipinski definition) is 1. The third-order valence-corrected chi connectivity index (χ3v) is 4.66. The van der Waals surface area contributed by atoms with Gasteiger partial charge in [0, 0.05) is 11.5 Å². The second-order valence-electron chi connectivity index (χ2n) is 6.23. The fourth-order valence-corrected chi connectivity index (χ4v) is 3.05. The van der Waals surface area contributed by atoms with Crippen molar-refractivity contribution in [2.45, 2.75) is 45.6 Å². The largest absolute Gasteiger partial charge is 0.548 e. The molecule has 1 N–H and O–H groups in total. The van der Waals surface area contributed by atoms with Gasteiger partial charge in [-0.25, -0.2) is 4.79 Å². The zero-order valence-corrected chi connectivity index (χ0v) is 16.1. The zero-order chi connectivity index (χ0) is 20.1. The Kier molecular flexibility index (Phi) is 6.85. The summed E-state index contributed by atoms with van der Waals surface area (Å²) in [6.45, 7) is 3.59. The summed E-state index contributed by atoms with van der Waals surface area (Å²) in [4.78, 5) is 35.8. The van der Waals surface area contributed by atoms with Crippen molar-refractivity contribution in [2.24, 2.45) is 0 Å². The smallest absolute Gasteiger partial charge is 0.340 e.